The van der Waals surface area contributed by atoms with Crippen LogP contribution in [0, 0.1) is 0 Å². The monoisotopic (exact) mass is 200 g/mol. The van der Waals surface area contributed by atoms with Crippen LogP contribution in [0.2, 0.25) is 0 Å². The summed E-state index contributed by atoms with van der Waals surface area (Å²) in [7, 11) is 0. The molecule has 2 nitrogen and oxygen atoms in total. The van der Waals surface area contributed by atoms with E-state index in [1.807, 2.05) is 6.07 Å². The second-order valence-electron chi connectivity index (χ2n) is 3.14. The molecular formula is C11H8N2S. The summed E-state index contributed by atoms with van der Waals surface area (Å²) in [5.41, 5.74) is 2.26. The topological polar surface area (TPSA) is 28.7 Å². The number of hydrogen-bond acceptors (Lipinski definition) is 2. The average molecular weight is 200 g/mol. The quantitative estimate of drug-likeness (QED) is 0.641. The van der Waals surface area contributed by atoms with Crippen LogP contribution < -0.4 is 0 Å². The Morgan fingerprint density at radius 3 is 3.00 bits per heavy atom. The first-order valence-corrected chi connectivity index (χ1v) is 5.28. The van der Waals surface area contributed by atoms with Gasteiger partial charge in [-0.1, -0.05) is 6.07 Å². The van der Waals surface area contributed by atoms with E-state index in [0.717, 1.165) is 5.69 Å². The summed E-state index contributed by atoms with van der Waals surface area (Å²) >= 11 is 1.77. The molecule has 14 heavy (non-hydrogen) atoms. The minimum Gasteiger partial charge on any atom is -0.278 e. The third-order valence-electron chi connectivity index (χ3n) is 2.26. The van der Waals surface area contributed by atoms with Gasteiger partial charge in [0.25, 0.3) is 0 Å². The van der Waals surface area contributed by atoms with E-state index in [4.69, 9.17) is 0 Å². The predicted octanol–water partition coefficient (Wildman–Crippen LogP) is 3.29. The zero-order valence-corrected chi connectivity index (χ0v) is 8.21. The number of fused-ring (bicyclic) bond motifs is 1. The number of H-pyrrole nitrogens is 1. The summed E-state index contributed by atoms with van der Waals surface area (Å²) in [6, 6.07) is 10.6. The lowest BCUT2D eigenvalue weighted by molar-refractivity contribution is 1.10. The summed E-state index contributed by atoms with van der Waals surface area (Å²) in [5.74, 6) is 0. The molecule has 1 N–H and O–H groups in total. The number of aromatic nitrogens is 2. The molecule has 0 aliphatic heterocycles. The molecule has 0 radical (unpaired) electrons. The van der Waals surface area contributed by atoms with Gasteiger partial charge >= 0.3 is 0 Å². The van der Waals surface area contributed by atoms with Gasteiger partial charge in [0, 0.05) is 16.5 Å². The molecule has 0 saturated heterocycles. The summed E-state index contributed by atoms with van der Waals surface area (Å²) < 4.78 is 1.33. The molecule has 0 spiro atoms. The van der Waals surface area contributed by atoms with Crippen LogP contribution in [0.1, 0.15) is 0 Å². The van der Waals surface area contributed by atoms with E-state index in [1.54, 1.807) is 17.5 Å². The standard InChI is InChI=1S/C11H8N2S/c1-2-11-9(4-6-14-11)7-8(1)10-3-5-12-13-10/h1-7H,(H,12,13). The van der Waals surface area contributed by atoms with Crippen LogP contribution in [-0.2, 0) is 0 Å². The highest BCUT2D eigenvalue weighted by Crippen LogP contribution is 2.26. The zero-order valence-electron chi connectivity index (χ0n) is 7.40. The maximum Gasteiger partial charge on any atom is 0.0650 e. The molecule has 0 amide bonds. The summed E-state index contributed by atoms with van der Waals surface area (Å²) in [5, 5.41) is 10.3. The smallest absolute Gasteiger partial charge is 0.0650 e. The summed E-state index contributed by atoms with van der Waals surface area (Å²) in [6.07, 6.45) is 1.77. The van der Waals surface area contributed by atoms with Crippen molar-refractivity contribution in [2.75, 3.05) is 0 Å². The van der Waals surface area contributed by atoms with E-state index >= 15 is 0 Å². The van der Waals surface area contributed by atoms with Gasteiger partial charge in [-0.3, -0.25) is 5.10 Å². The van der Waals surface area contributed by atoms with Crippen LogP contribution >= 0.6 is 11.3 Å². The first kappa shape index (κ1) is 7.76. The first-order chi connectivity index (χ1) is 6.93. The third-order valence-corrected chi connectivity index (χ3v) is 3.16. The van der Waals surface area contributed by atoms with Crippen LogP contribution in [0.5, 0.6) is 0 Å². The van der Waals surface area contributed by atoms with Gasteiger partial charge in [-0.2, -0.15) is 5.10 Å². The van der Waals surface area contributed by atoms with E-state index in [1.165, 1.54) is 15.6 Å². The van der Waals surface area contributed by atoms with Gasteiger partial charge in [0.1, 0.15) is 0 Å². The molecule has 0 atom stereocenters. The molecule has 2 heterocycles. The Balaban J connectivity index is 2.23. The second kappa shape index (κ2) is 2.96. The Kier molecular flexibility index (Phi) is 1.64. The molecule has 0 fully saturated rings. The fourth-order valence-electron chi connectivity index (χ4n) is 1.55. The van der Waals surface area contributed by atoms with Gasteiger partial charge in [0.15, 0.2) is 0 Å². The molecule has 1 aromatic carbocycles. The van der Waals surface area contributed by atoms with Crippen molar-refractivity contribution in [2.24, 2.45) is 0 Å². The number of aromatic amines is 1. The normalized spacial score (nSPS) is 10.9. The van der Waals surface area contributed by atoms with Gasteiger partial charge in [0.05, 0.1) is 5.69 Å². The highest BCUT2D eigenvalue weighted by molar-refractivity contribution is 7.17. The second-order valence-corrected chi connectivity index (χ2v) is 4.09. The van der Waals surface area contributed by atoms with Gasteiger partial charge in [-0.05, 0) is 35.0 Å². The van der Waals surface area contributed by atoms with E-state index in [0.29, 0.717) is 0 Å². The van der Waals surface area contributed by atoms with E-state index in [2.05, 4.69) is 39.8 Å². The highest BCUT2D eigenvalue weighted by atomic mass is 32.1. The molecule has 0 aliphatic carbocycles. The van der Waals surface area contributed by atoms with Crippen molar-refractivity contribution in [2.45, 2.75) is 0 Å². The van der Waals surface area contributed by atoms with E-state index < -0.39 is 0 Å². The van der Waals surface area contributed by atoms with Crippen molar-refractivity contribution >= 4 is 21.4 Å². The van der Waals surface area contributed by atoms with Gasteiger partial charge in [-0.15, -0.1) is 11.3 Å². The Hall–Kier alpha value is -1.61. The molecule has 0 bridgehead atoms. The molecule has 68 valence electrons. The van der Waals surface area contributed by atoms with Crippen LogP contribution in [-0.4, -0.2) is 10.2 Å². The SMILES string of the molecule is c1cc(-c2ccc3sccc3c2)[nH]n1. The van der Waals surface area contributed by atoms with Crippen molar-refractivity contribution in [1.29, 1.82) is 0 Å². The number of hydrogen-bond donors (Lipinski definition) is 1. The number of thiophene rings is 1. The Morgan fingerprint density at radius 2 is 2.14 bits per heavy atom. The van der Waals surface area contributed by atoms with Crippen LogP contribution in [0.4, 0.5) is 0 Å². The molecule has 2 aromatic heterocycles. The van der Waals surface area contributed by atoms with Gasteiger partial charge < -0.3 is 0 Å². The Morgan fingerprint density at radius 1 is 1.14 bits per heavy atom. The first-order valence-electron chi connectivity index (χ1n) is 4.40. The van der Waals surface area contributed by atoms with Crippen molar-refractivity contribution in [1.82, 2.24) is 10.2 Å². The molecule has 0 saturated carbocycles. The molecule has 3 heteroatoms. The average Bonchev–Trinajstić information content (AvgIpc) is 2.88. The number of rotatable bonds is 1. The molecule has 3 aromatic rings. The van der Waals surface area contributed by atoms with Gasteiger partial charge in [0.2, 0.25) is 0 Å². The maximum atomic E-state index is 3.94. The van der Waals surface area contributed by atoms with E-state index in [9.17, 15) is 0 Å². The molecule has 0 aliphatic rings. The highest BCUT2D eigenvalue weighted by Gasteiger charge is 2.00. The maximum absolute atomic E-state index is 3.94. The summed E-state index contributed by atoms with van der Waals surface area (Å²) in [4.78, 5) is 0. The number of benzene rings is 1. The summed E-state index contributed by atoms with van der Waals surface area (Å²) in [6.45, 7) is 0. The molecular weight excluding hydrogens is 192 g/mol. The third kappa shape index (κ3) is 1.14. The fraction of sp³-hybridized carbons (Fsp3) is 0. The van der Waals surface area contributed by atoms with Crippen LogP contribution in [0.3, 0.4) is 0 Å². The Labute approximate surface area is 85.2 Å². The largest absolute Gasteiger partial charge is 0.278 e. The van der Waals surface area contributed by atoms with E-state index in [-0.39, 0.29) is 0 Å². The number of nitrogens with zero attached hydrogens (tertiary/aromatic N) is 1. The zero-order chi connectivity index (χ0) is 9.38. The predicted molar refractivity (Wildman–Crippen MR) is 59.4 cm³/mol. The number of nitrogens with one attached hydrogen (secondary N) is 1. The van der Waals surface area contributed by atoms with Crippen molar-refractivity contribution in [3.8, 4) is 11.3 Å². The van der Waals surface area contributed by atoms with Gasteiger partial charge in [-0.25, -0.2) is 0 Å². The Bertz CT molecular complexity index is 551. The van der Waals surface area contributed by atoms with Crippen molar-refractivity contribution in [3.63, 3.8) is 0 Å². The lowest BCUT2D eigenvalue weighted by Gasteiger charge is -1.96. The van der Waals surface area contributed by atoms with Crippen LogP contribution in [0.15, 0.2) is 41.9 Å². The molecule has 0 unspecified atom stereocenters. The lowest BCUT2D eigenvalue weighted by Crippen LogP contribution is -1.76. The van der Waals surface area contributed by atoms with Crippen molar-refractivity contribution < 1.29 is 0 Å². The fourth-order valence-corrected chi connectivity index (χ4v) is 2.32. The van der Waals surface area contributed by atoms with Crippen molar-refractivity contribution in [3.05, 3.63) is 41.9 Å². The lowest BCUT2D eigenvalue weighted by atomic mass is 10.1. The minimum atomic E-state index is 1.07. The minimum absolute atomic E-state index is 1.07. The molecule has 3 rings (SSSR count). The van der Waals surface area contributed by atoms with Crippen LogP contribution in [0.25, 0.3) is 21.3 Å².